The summed E-state index contributed by atoms with van der Waals surface area (Å²) < 4.78 is 4.99. The number of hydrogen-bond acceptors (Lipinski definition) is 6. The minimum Gasteiger partial charge on any atom is -0.385 e. The number of carbonyl (C=O) groups is 2. The number of hydrogen-bond donors (Lipinski definition) is 1. The van der Waals surface area contributed by atoms with Crippen molar-refractivity contribution in [2.24, 2.45) is 17.8 Å². The van der Waals surface area contributed by atoms with Crippen LogP contribution in [0.2, 0.25) is 0 Å². The minimum absolute atomic E-state index is 0.233. The molecule has 4 rings (SSSR count). The Morgan fingerprint density at radius 2 is 1.09 bits per heavy atom. The van der Waals surface area contributed by atoms with Gasteiger partial charge in [0.2, 0.25) is 11.8 Å². The molecule has 0 bridgehead atoms. The van der Waals surface area contributed by atoms with Crippen LogP contribution < -0.4 is 5.32 Å². The van der Waals surface area contributed by atoms with Crippen LogP contribution in [0.5, 0.6) is 0 Å². The van der Waals surface area contributed by atoms with Crippen LogP contribution >= 0.6 is 0 Å². The Hall–Kier alpha value is -1.22. The first-order chi connectivity index (χ1) is 22.8. The Kier molecular flexibility index (Phi) is 30.0. The Morgan fingerprint density at radius 1 is 0.617 bits per heavy atom. The smallest absolute Gasteiger partial charge is 0.222 e. The number of carbonyl (C=O) groups excluding carboxylic acids is 2. The van der Waals surface area contributed by atoms with Crippen LogP contribution in [0, 0.1) is 17.8 Å². The fourth-order valence-corrected chi connectivity index (χ4v) is 6.66. The molecular weight excluding hydrogens is 586 g/mol. The Morgan fingerprint density at radius 3 is 1.53 bits per heavy atom. The SMILES string of the molecule is CC.CC.CCC1CCN(C(=O)CC2CCN(C)CC2)CC1.CN1CCCCC1.COCCCCCNC(=O)CC1CCN(C)CC1. The fourth-order valence-electron chi connectivity index (χ4n) is 6.66. The fraction of sp³-hybridized carbons (Fsp3) is 0.949. The Bertz CT molecular complexity index is 709. The summed E-state index contributed by atoms with van der Waals surface area (Å²) in [7, 11) is 8.24. The molecule has 0 spiro atoms. The number of amides is 2. The van der Waals surface area contributed by atoms with Crippen molar-refractivity contribution in [3.63, 3.8) is 0 Å². The van der Waals surface area contributed by atoms with Crippen molar-refractivity contribution in [3.05, 3.63) is 0 Å². The second-order valence-corrected chi connectivity index (χ2v) is 13.9. The first-order valence-electron chi connectivity index (χ1n) is 19.9. The Labute approximate surface area is 293 Å². The average molecular weight is 668 g/mol. The number of rotatable bonds is 11. The third-order valence-electron chi connectivity index (χ3n) is 10.1. The third kappa shape index (κ3) is 23.7. The van der Waals surface area contributed by atoms with Gasteiger partial charge in [0.25, 0.3) is 0 Å². The van der Waals surface area contributed by atoms with Gasteiger partial charge >= 0.3 is 0 Å². The predicted molar refractivity (Wildman–Crippen MR) is 202 cm³/mol. The number of ether oxygens (including phenoxy) is 1. The molecule has 47 heavy (non-hydrogen) atoms. The van der Waals surface area contributed by atoms with Crippen LogP contribution in [0.15, 0.2) is 0 Å². The van der Waals surface area contributed by atoms with E-state index in [2.05, 4.69) is 53.0 Å². The highest BCUT2D eigenvalue weighted by Gasteiger charge is 2.25. The summed E-state index contributed by atoms with van der Waals surface area (Å²) in [5, 5.41) is 3.02. The van der Waals surface area contributed by atoms with Crippen LogP contribution in [0.4, 0.5) is 0 Å². The number of likely N-dealkylation sites (tertiary alicyclic amines) is 4. The van der Waals surface area contributed by atoms with E-state index in [-0.39, 0.29) is 5.91 Å². The van der Waals surface area contributed by atoms with Crippen molar-refractivity contribution < 1.29 is 14.3 Å². The molecule has 8 nitrogen and oxygen atoms in total. The lowest BCUT2D eigenvalue weighted by molar-refractivity contribution is -0.134. The van der Waals surface area contributed by atoms with E-state index in [1.165, 1.54) is 64.5 Å². The monoisotopic (exact) mass is 668 g/mol. The van der Waals surface area contributed by atoms with E-state index in [1.807, 2.05) is 27.7 Å². The van der Waals surface area contributed by atoms with Crippen molar-refractivity contribution in [1.82, 2.24) is 24.9 Å². The lowest BCUT2D eigenvalue weighted by atomic mass is 9.91. The molecule has 0 aromatic rings. The summed E-state index contributed by atoms with van der Waals surface area (Å²) >= 11 is 0. The first kappa shape index (κ1) is 45.8. The topological polar surface area (TPSA) is 68.4 Å². The zero-order valence-electron chi connectivity index (χ0n) is 32.9. The summed E-state index contributed by atoms with van der Waals surface area (Å²) in [5.41, 5.74) is 0. The van der Waals surface area contributed by atoms with Crippen molar-refractivity contribution in [1.29, 1.82) is 0 Å². The standard InChI is InChI=1S/C15H28N2O.C14H28N2O2.C6H13N.2C2H6/c1-3-13-6-10-17(11-7-13)15(18)12-14-4-8-16(2)9-5-14;1-16-9-6-13(7-10-16)12-14(17)15-8-4-3-5-11-18-2;1-7-5-3-2-4-6-7;2*1-2/h13-14H,3-12H2,1-2H3;13H,3-12H2,1-2H3,(H,15,17);2-6H2,1H3;2*1-2H3. The molecule has 1 N–H and O–H groups in total. The zero-order chi connectivity index (χ0) is 35.3. The number of nitrogens with zero attached hydrogens (tertiary/aromatic N) is 4. The molecule has 0 aromatic carbocycles. The maximum absolute atomic E-state index is 12.3. The predicted octanol–water partition coefficient (Wildman–Crippen LogP) is 7.17. The van der Waals surface area contributed by atoms with Gasteiger partial charge in [-0.15, -0.1) is 0 Å². The van der Waals surface area contributed by atoms with E-state index in [0.29, 0.717) is 24.2 Å². The van der Waals surface area contributed by atoms with Gasteiger partial charge in [-0.2, -0.15) is 0 Å². The highest BCUT2D eigenvalue weighted by molar-refractivity contribution is 5.76. The van der Waals surface area contributed by atoms with Gasteiger partial charge in [-0.1, -0.05) is 47.5 Å². The van der Waals surface area contributed by atoms with Gasteiger partial charge in [-0.25, -0.2) is 0 Å². The lowest BCUT2D eigenvalue weighted by Gasteiger charge is -2.34. The molecule has 4 aliphatic rings. The van der Waals surface area contributed by atoms with Gasteiger partial charge in [0.05, 0.1) is 0 Å². The van der Waals surface area contributed by atoms with Crippen molar-refractivity contribution in [2.45, 2.75) is 131 Å². The molecular formula is C39H81N5O3. The van der Waals surface area contributed by atoms with E-state index < -0.39 is 0 Å². The molecule has 4 heterocycles. The highest BCUT2D eigenvalue weighted by atomic mass is 16.5. The normalized spacial score (nSPS) is 20.2. The molecule has 0 aliphatic carbocycles. The van der Waals surface area contributed by atoms with E-state index in [4.69, 9.17) is 4.74 Å². The molecule has 0 radical (unpaired) electrons. The molecule has 0 unspecified atom stereocenters. The quantitative estimate of drug-likeness (QED) is 0.236. The minimum atomic E-state index is 0.233. The molecule has 4 fully saturated rings. The van der Waals surface area contributed by atoms with Crippen LogP contribution in [-0.4, -0.2) is 125 Å². The van der Waals surface area contributed by atoms with E-state index in [1.54, 1.807) is 7.11 Å². The number of methoxy groups -OCH3 is 1. The zero-order valence-corrected chi connectivity index (χ0v) is 32.9. The van der Waals surface area contributed by atoms with Gasteiger partial charge < -0.3 is 29.7 Å². The summed E-state index contributed by atoms with van der Waals surface area (Å²) in [6, 6.07) is 0. The molecule has 2 amide bonds. The van der Waals surface area contributed by atoms with Gasteiger partial charge in [-0.3, -0.25) is 9.59 Å². The summed E-state index contributed by atoms with van der Waals surface area (Å²) in [6.07, 6.45) is 17.5. The number of unbranched alkanes of at least 4 members (excludes halogenated alkanes) is 2. The Balaban J connectivity index is 0.000000688. The second kappa shape index (κ2) is 30.8. The van der Waals surface area contributed by atoms with E-state index in [0.717, 1.165) is 96.9 Å². The average Bonchev–Trinajstić information content (AvgIpc) is 3.11. The third-order valence-corrected chi connectivity index (χ3v) is 10.1. The molecule has 4 saturated heterocycles. The van der Waals surface area contributed by atoms with Crippen LogP contribution in [0.1, 0.15) is 131 Å². The summed E-state index contributed by atoms with van der Waals surface area (Å²) in [4.78, 5) is 33.2. The lowest BCUT2D eigenvalue weighted by Crippen LogP contribution is -2.40. The van der Waals surface area contributed by atoms with Crippen LogP contribution in [0.3, 0.4) is 0 Å². The highest BCUT2D eigenvalue weighted by Crippen LogP contribution is 2.24. The number of nitrogens with one attached hydrogen (secondary N) is 1. The van der Waals surface area contributed by atoms with Gasteiger partial charge in [0, 0.05) is 46.2 Å². The van der Waals surface area contributed by atoms with E-state index in [9.17, 15) is 9.59 Å². The molecule has 280 valence electrons. The van der Waals surface area contributed by atoms with E-state index >= 15 is 0 Å². The molecule has 0 atom stereocenters. The van der Waals surface area contributed by atoms with Crippen LogP contribution in [-0.2, 0) is 14.3 Å². The van der Waals surface area contributed by atoms with Crippen molar-refractivity contribution in [3.8, 4) is 0 Å². The molecule has 8 heteroatoms. The maximum Gasteiger partial charge on any atom is 0.222 e. The molecule has 4 aliphatic heterocycles. The maximum atomic E-state index is 12.3. The van der Waals surface area contributed by atoms with Crippen LogP contribution in [0.25, 0.3) is 0 Å². The second-order valence-electron chi connectivity index (χ2n) is 13.9. The first-order valence-corrected chi connectivity index (χ1v) is 19.9. The summed E-state index contributed by atoms with van der Waals surface area (Å²) in [6.45, 7) is 21.1. The van der Waals surface area contributed by atoms with Gasteiger partial charge in [-0.05, 0) is 149 Å². The van der Waals surface area contributed by atoms with Crippen molar-refractivity contribution in [2.75, 3.05) is 93.8 Å². The molecule has 0 saturated carbocycles. The molecule has 0 aromatic heterocycles. The van der Waals surface area contributed by atoms with Gasteiger partial charge in [0.1, 0.15) is 0 Å². The largest absolute Gasteiger partial charge is 0.385 e. The summed E-state index contributed by atoms with van der Waals surface area (Å²) in [5.74, 6) is 2.74. The number of piperidine rings is 4. The van der Waals surface area contributed by atoms with Gasteiger partial charge in [0.15, 0.2) is 0 Å². The van der Waals surface area contributed by atoms with Crippen molar-refractivity contribution >= 4 is 11.8 Å².